The van der Waals surface area contributed by atoms with Gasteiger partial charge >= 0.3 is 0 Å². The molecule has 0 radical (unpaired) electrons. The first kappa shape index (κ1) is 13.7. The van der Waals surface area contributed by atoms with E-state index in [9.17, 15) is 9.18 Å². The molecule has 1 atom stereocenters. The number of rotatable bonds is 4. The Morgan fingerprint density at radius 1 is 1.72 bits per heavy atom. The van der Waals surface area contributed by atoms with Gasteiger partial charge in [0.2, 0.25) is 0 Å². The van der Waals surface area contributed by atoms with Gasteiger partial charge in [-0.2, -0.15) is 0 Å². The van der Waals surface area contributed by atoms with E-state index in [2.05, 4.69) is 10.3 Å². The predicted molar refractivity (Wildman–Crippen MR) is 70.1 cm³/mol. The Labute approximate surface area is 114 Å². The molecule has 0 spiro atoms. The second kappa shape index (κ2) is 5.95. The van der Waals surface area contributed by atoms with Gasteiger partial charge in [0.15, 0.2) is 5.69 Å². The molecule has 7 heteroatoms. The third kappa shape index (κ3) is 3.40. The Morgan fingerprint density at radius 3 is 3.06 bits per heavy atom. The van der Waals surface area contributed by atoms with Gasteiger partial charge in [-0.25, -0.2) is 9.37 Å². The van der Waals surface area contributed by atoms with Gasteiger partial charge in [0.1, 0.15) is 10.5 Å². The Bertz CT molecular complexity index is 440. The largest absolute Gasteiger partial charge is 0.349 e. The predicted octanol–water partition coefficient (Wildman–Crippen LogP) is 1.88. The van der Waals surface area contributed by atoms with Crippen molar-refractivity contribution in [1.29, 1.82) is 0 Å². The van der Waals surface area contributed by atoms with Crippen molar-refractivity contribution in [2.24, 2.45) is 0 Å². The van der Waals surface area contributed by atoms with E-state index in [0.717, 1.165) is 11.6 Å². The summed E-state index contributed by atoms with van der Waals surface area (Å²) in [6.07, 6.45) is -0.137. The van der Waals surface area contributed by atoms with Crippen LogP contribution in [0, 0.1) is 6.92 Å². The number of carbonyl (C=O) groups is 1. The van der Waals surface area contributed by atoms with E-state index in [0.29, 0.717) is 30.4 Å². The molecule has 1 fully saturated rings. The molecule has 1 aliphatic heterocycles. The van der Waals surface area contributed by atoms with E-state index in [1.807, 2.05) is 4.90 Å². The minimum Gasteiger partial charge on any atom is -0.349 e. The summed E-state index contributed by atoms with van der Waals surface area (Å²) in [5.41, 5.74) is 0.281. The van der Waals surface area contributed by atoms with Gasteiger partial charge in [0.05, 0.1) is 5.01 Å². The summed E-state index contributed by atoms with van der Waals surface area (Å²) >= 11 is 7.19. The van der Waals surface area contributed by atoms with Gasteiger partial charge in [-0.05, 0) is 13.3 Å². The van der Waals surface area contributed by atoms with Crippen LogP contribution in [0.5, 0.6) is 0 Å². The molecule has 0 aliphatic carbocycles. The van der Waals surface area contributed by atoms with E-state index >= 15 is 0 Å². The Balaban J connectivity index is 1.77. The molecule has 2 rings (SSSR count). The highest BCUT2D eigenvalue weighted by atomic mass is 35.5. The van der Waals surface area contributed by atoms with Crippen LogP contribution < -0.4 is 5.32 Å². The second-order valence-electron chi connectivity index (χ2n) is 4.30. The highest BCUT2D eigenvalue weighted by Crippen LogP contribution is 2.23. The van der Waals surface area contributed by atoms with Crippen LogP contribution >= 0.6 is 22.9 Å². The molecule has 0 saturated carbocycles. The fourth-order valence-electron chi connectivity index (χ4n) is 1.94. The summed E-state index contributed by atoms with van der Waals surface area (Å²) in [6.45, 7) is 4.17. The molecule has 1 N–H and O–H groups in total. The minimum absolute atomic E-state index is 0.264. The number of nitrogens with zero attached hydrogens (tertiary/aromatic N) is 2. The third-order valence-corrected chi connectivity index (χ3v) is 4.01. The van der Waals surface area contributed by atoms with Gasteiger partial charge in [-0.15, -0.1) is 11.3 Å². The van der Waals surface area contributed by atoms with Crippen LogP contribution in [0.3, 0.4) is 0 Å². The molecule has 1 amide bonds. The van der Waals surface area contributed by atoms with E-state index in [4.69, 9.17) is 11.6 Å². The summed E-state index contributed by atoms with van der Waals surface area (Å²) < 4.78 is 13.3. The average molecular weight is 292 g/mol. The lowest BCUT2D eigenvalue weighted by Crippen LogP contribution is -2.34. The van der Waals surface area contributed by atoms with Crippen LogP contribution in [0.1, 0.15) is 21.9 Å². The topological polar surface area (TPSA) is 45.2 Å². The summed E-state index contributed by atoms with van der Waals surface area (Å²) in [4.78, 5) is 17.8. The van der Waals surface area contributed by atoms with Crippen LogP contribution in [-0.4, -0.2) is 48.1 Å². The number of thiazole rings is 1. The summed E-state index contributed by atoms with van der Waals surface area (Å²) in [5.74, 6) is -0.264. The molecule has 0 bridgehead atoms. The number of carbonyl (C=O) groups excluding carboxylic acids is 1. The van der Waals surface area contributed by atoms with Crippen molar-refractivity contribution in [2.45, 2.75) is 19.5 Å². The highest BCUT2D eigenvalue weighted by Gasteiger charge is 2.21. The number of likely N-dealkylation sites (tertiary alicyclic amines) is 1. The number of hydrogen-bond acceptors (Lipinski definition) is 4. The van der Waals surface area contributed by atoms with Gasteiger partial charge in [-0.3, -0.25) is 9.69 Å². The maximum absolute atomic E-state index is 12.9. The van der Waals surface area contributed by atoms with Gasteiger partial charge in [0.25, 0.3) is 5.91 Å². The monoisotopic (exact) mass is 291 g/mol. The molecule has 1 aliphatic rings. The zero-order valence-corrected chi connectivity index (χ0v) is 11.7. The van der Waals surface area contributed by atoms with Gasteiger partial charge < -0.3 is 5.32 Å². The maximum Gasteiger partial charge on any atom is 0.272 e. The molecule has 18 heavy (non-hydrogen) atoms. The molecule has 1 aromatic rings. The van der Waals surface area contributed by atoms with Crippen molar-refractivity contribution in [1.82, 2.24) is 15.2 Å². The number of hydrogen-bond donors (Lipinski definition) is 1. The highest BCUT2D eigenvalue weighted by molar-refractivity contribution is 7.16. The van der Waals surface area contributed by atoms with Crippen molar-refractivity contribution in [3.63, 3.8) is 0 Å². The molecule has 1 unspecified atom stereocenters. The number of halogens is 2. The van der Waals surface area contributed by atoms with Crippen molar-refractivity contribution in [2.75, 3.05) is 26.2 Å². The van der Waals surface area contributed by atoms with Gasteiger partial charge in [0, 0.05) is 26.2 Å². The van der Waals surface area contributed by atoms with E-state index in [1.54, 1.807) is 6.92 Å². The summed E-state index contributed by atoms with van der Waals surface area (Å²) in [7, 11) is 0. The fourth-order valence-corrected chi connectivity index (χ4v) is 3.04. The van der Waals surface area contributed by atoms with Crippen LogP contribution in [-0.2, 0) is 0 Å². The maximum atomic E-state index is 12.9. The van der Waals surface area contributed by atoms with Gasteiger partial charge in [-0.1, -0.05) is 11.6 Å². The Morgan fingerprint density at radius 2 is 2.50 bits per heavy atom. The standard InChI is InChI=1S/C11H15ClFN3OS/c1-7-15-9(10(12)18-7)11(17)14-3-5-16-4-2-8(13)6-16/h8H,2-6H2,1H3,(H,14,17). The zero-order chi connectivity index (χ0) is 13.1. The number of nitrogens with one attached hydrogen (secondary N) is 1. The molecule has 2 heterocycles. The molecule has 0 aromatic carbocycles. The van der Waals surface area contributed by atoms with E-state index < -0.39 is 6.17 Å². The van der Waals surface area contributed by atoms with Crippen molar-refractivity contribution in [3.8, 4) is 0 Å². The number of aryl methyl sites for hydroxylation is 1. The Kier molecular flexibility index (Phi) is 4.53. The molecule has 1 saturated heterocycles. The minimum atomic E-state index is -0.726. The van der Waals surface area contributed by atoms with Crippen LogP contribution in [0.2, 0.25) is 4.34 Å². The Hall–Kier alpha value is -0.720. The molecular weight excluding hydrogens is 277 g/mol. The third-order valence-electron chi connectivity index (χ3n) is 2.84. The summed E-state index contributed by atoms with van der Waals surface area (Å²) in [6, 6.07) is 0. The second-order valence-corrected chi connectivity index (χ2v) is 6.10. The lowest BCUT2D eigenvalue weighted by Gasteiger charge is -2.14. The van der Waals surface area contributed by atoms with Crippen LogP contribution in [0.25, 0.3) is 0 Å². The normalized spacial score (nSPS) is 20.3. The first-order valence-electron chi connectivity index (χ1n) is 5.84. The van der Waals surface area contributed by atoms with Crippen LogP contribution in [0.4, 0.5) is 4.39 Å². The number of amides is 1. The molecule has 1 aromatic heterocycles. The van der Waals surface area contributed by atoms with Crippen LogP contribution in [0.15, 0.2) is 0 Å². The number of aromatic nitrogens is 1. The SMILES string of the molecule is Cc1nc(C(=O)NCCN2CCC(F)C2)c(Cl)s1. The van der Waals surface area contributed by atoms with E-state index in [1.165, 1.54) is 11.3 Å². The van der Waals surface area contributed by atoms with Crippen molar-refractivity contribution in [3.05, 3.63) is 15.0 Å². The molecule has 4 nitrogen and oxygen atoms in total. The lowest BCUT2D eigenvalue weighted by molar-refractivity contribution is 0.0945. The number of alkyl halides is 1. The lowest BCUT2D eigenvalue weighted by atomic mass is 10.3. The first-order valence-corrected chi connectivity index (χ1v) is 7.03. The smallest absolute Gasteiger partial charge is 0.272 e. The molecular formula is C11H15ClFN3OS. The summed E-state index contributed by atoms with van der Waals surface area (Å²) in [5, 5.41) is 3.52. The first-order chi connectivity index (χ1) is 8.56. The fraction of sp³-hybridized carbons (Fsp3) is 0.636. The zero-order valence-electron chi connectivity index (χ0n) is 10.1. The van der Waals surface area contributed by atoms with E-state index in [-0.39, 0.29) is 11.6 Å². The van der Waals surface area contributed by atoms with Crippen molar-refractivity contribution >= 4 is 28.8 Å². The quantitative estimate of drug-likeness (QED) is 0.921. The van der Waals surface area contributed by atoms with Crippen molar-refractivity contribution < 1.29 is 9.18 Å². The molecule has 100 valence electrons. The average Bonchev–Trinajstić information content (AvgIpc) is 2.85.